The third kappa shape index (κ3) is 4.48. The number of rotatable bonds is 5. The number of alkyl halides is 3. The third-order valence-corrected chi connectivity index (χ3v) is 4.64. The summed E-state index contributed by atoms with van der Waals surface area (Å²) in [4.78, 5) is 39.0. The fourth-order valence-electron chi connectivity index (χ4n) is 3.26. The van der Waals surface area contributed by atoms with E-state index in [9.17, 15) is 27.6 Å². The predicted octanol–water partition coefficient (Wildman–Crippen LogP) is 2.09. The van der Waals surface area contributed by atoms with Crippen LogP contribution in [0.5, 0.6) is 5.75 Å². The third-order valence-electron chi connectivity index (χ3n) is 4.64. The van der Waals surface area contributed by atoms with Gasteiger partial charge in [-0.25, -0.2) is 4.68 Å². The number of anilines is 3. The highest BCUT2D eigenvalue weighted by Gasteiger charge is 2.31. The number of amides is 1. The van der Waals surface area contributed by atoms with Gasteiger partial charge in [0.1, 0.15) is 12.3 Å². The van der Waals surface area contributed by atoms with E-state index in [0.29, 0.717) is 6.54 Å². The number of fused-ring (bicyclic) bond motifs is 1. The molecule has 0 bridgehead atoms. The Bertz CT molecular complexity index is 1250. The molecule has 1 aliphatic rings. The van der Waals surface area contributed by atoms with Crippen LogP contribution in [-0.4, -0.2) is 33.2 Å². The quantitative estimate of drug-likeness (QED) is 0.602. The van der Waals surface area contributed by atoms with E-state index < -0.39 is 35.7 Å². The molecule has 2 aromatic carbocycles. The van der Waals surface area contributed by atoms with Gasteiger partial charge in [0, 0.05) is 24.5 Å². The SMILES string of the molecule is O=C(Cn1nc2n(c(=O)c1=O)CCN2c1ccccc1)Nc1ccc(OC(F)(F)F)cc1. The summed E-state index contributed by atoms with van der Waals surface area (Å²) < 4.78 is 42.5. The molecule has 166 valence electrons. The Labute approximate surface area is 178 Å². The molecule has 0 atom stereocenters. The molecule has 4 rings (SSSR count). The Morgan fingerprint density at radius 1 is 1.00 bits per heavy atom. The van der Waals surface area contributed by atoms with Crippen LogP contribution in [0.1, 0.15) is 0 Å². The molecule has 3 aromatic rings. The zero-order chi connectivity index (χ0) is 22.9. The standard InChI is InChI=1S/C20H16F3N5O4/c21-20(22,23)32-15-8-6-13(7-9-15)24-16(29)12-28-18(31)17(30)27-11-10-26(19(27)25-28)14-4-2-1-3-5-14/h1-9H,10-12H2,(H,24,29). The number of hydrogen-bond acceptors (Lipinski definition) is 6. The first-order valence-electron chi connectivity index (χ1n) is 9.41. The lowest BCUT2D eigenvalue weighted by molar-refractivity contribution is -0.274. The molecule has 12 heteroatoms. The molecule has 0 aliphatic carbocycles. The summed E-state index contributed by atoms with van der Waals surface area (Å²) in [7, 11) is 0. The Morgan fingerprint density at radius 3 is 2.34 bits per heavy atom. The van der Waals surface area contributed by atoms with Crippen LogP contribution in [0.3, 0.4) is 0 Å². The number of nitrogens with one attached hydrogen (secondary N) is 1. The Morgan fingerprint density at radius 2 is 1.69 bits per heavy atom. The minimum absolute atomic E-state index is 0.182. The van der Waals surface area contributed by atoms with Crippen LogP contribution in [0.15, 0.2) is 64.2 Å². The van der Waals surface area contributed by atoms with Gasteiger partial charge in [0.2, 0.25) is 11.9 Å². The maximum atomic E-state index is 12.5. The summed E-state index contributed by atoms with van der Waals surface area (Å²) in [5.74, 6) is -0.888. The lowest BCUT2D eigenvalue weighted by Crippen LogP contribution is -2.44. The smallest absolute Gasteiger partial charge is 0.406 e. The van der Waals surface area contributed by atoms with Gasteiger partial charge in [-0.15, -0.1) is 18.3 Å². The number of ether oxygens (including phenoxy) is 1. The predicted molar refractivity (Wildman–Crippen MR) is 108 cm³/mol. The van der Waals surface area contributed by atoms with E-state index in [0.717, 1.165) is 22.5 Å². The van der Waals surface area contributed by atoms with Gasteiger partial charge in [0.25, 0.3) is 0 Å². The molecule has 2 heterocycles. The minimum Gasteiger partial charge on any atom is -0.406 e. The van der Waals surface area contributed by atoms with Crippen molar-refractivity contribution in [2.24, 2.45) is 0 Å². The summed E-state index contributed by atoms with van der Waals surface area (Å²) in [6.45, 7) is 0.171. The second-order valence-corrected chi connectivity index (χ2v) is 6.83. The molecule has 9 nitrogen and oxygen atoms in total. The summed E-state index contributed by atoms with van der Waals surface area (Å²) >= 11 is 0. The fourth-order valence-corrected chi connectivity index (χ4v) is 3.26. The largest absolute Gasteiger partial charge is 0.573 e. The van der Waals surface area contributed by atoms with Gasteiger partial charge in [-0.1, -0.05) is 18.2 Å². The van der Waals surface area contributed by atoms with Gasteiger partial charge in [-0.3, -0.25) is 19.0 Å². The van der Waals surface area contributed by atoms with E-state index in [1.165, 1.54) is 16.7 Å². The van der Waals surface area contributed by atoms with Crippen LogP contribution >= 0.6 is 0 Å². The maximum absolute atomic E-state index is 12.5. The summed E-state index contributed by atoms with van der Waals surface area (Å²) in [6.07, 6.45) is -4.83. The van der Waals surface area contributed by atoms with Crippen molar-refractivity contribution in [3.8, 4) is 5.75 Å². The van der Waals surface area contributed by atoms with Crippen LogP contribution < -0.4 is 26.1 Å². The Balaban J connectivity index is 1.52. The molecule has 32 heavy (non-hydrogen) atoms. The van der Waals surface area contributed by atoms with Crippen LogP contribution in [0.2, 0.25) is 0 Å². The summed E-state index contributed by atoms with van der Waals surface area (Å²) in [5.41, 5.74) is -0.787. The average molecular weight is 447 g/mol. The van der Waals surface area contributed by atoms with E-state index in [1.807, 2.05) is 30.3 Å². The lowest BCUT2D eigenvalue weighted by Gasteiger charge is -2.17. The van der Waals surface area contributed by atoms with Crippen LogP contribution in [0.25, 0.3) is 0 Å². The van der Waals surface area contributed by atoms with Crippen molar-refractivity contribution in [2.75, 3.05) is 16.8 Å². The number of hydrogen-bond donors (Lipinski definition) is 1. The maximum Gasteiger partial charge on any atom is 0.573 e. The molecule has 1 amide bonds. The Kier molecular flexibility index (Phi) is 5.43. The summed E-state index contributed by atoms with van der Waals surface area (Å²) in [5, 5.41) is 6.63. The van der Waals surface area contributed by atoms with Crippen molar-refractivity contribution in [1.29, 1.82) is 0 Å². The number of nitrogens with zero attached hydrogens (tertiary/aromatic N) is 4. The highest BCUT2D eigenvalue weighted by atomic mass is 19.4. The van der Waals surface area contributed by atoms with E-state index >= 15 is 0 Å². The monoisotopic (exact) mass is 447 g/mol. The van der Waals surface area contributed by atoms with Crippen molar-refractivity contribution in [2.45, 2.75) is 19.5 Å². The first-order valence-corrected chi connectivity index (χ1v) is 9.41. The first kappa shape index (κ1) is 21.2. The van der Waals surface area contributed by atoms with E-state index in [2.05, 4.69) is 15.2 Å². The second-order valence-electron chi connectivity index (χ2n) is 6.83. The average Bonchev–Trinajstić information content (AvgIpc) is 3.17. The fraction of sp³-hybridized carbons (Fsp3) is 0.200. The van der Waals surface area contributed by atoms with Crippen LogP contribution in [0.4, 0.5) is 30.5 Å². The summed E-state index contributed by atoms with van der Waals surface area (Å²) in [6, 6.07) is 13.6. The highest BCUT2D eigenvalue weighted by Crippen LogP contribution is 2.26. The number of para-hydroxylation sites is 1. The number of aromatic nitrogens is 3. The number of carbonyl (C=O) groups excluding carboxylic acids is 1. The van der Waals surface area contributed by atoms with Gasteiger partial charge in [-0.2, -0.15) is 0 Å². The first-order chi connectivity index (χ1) is 15.2. The molecule has 0 saturated heterocycles. The molecular weight excluding hydrogens is 431 g/mol. The van der Waals surface area contributed by atoms with Gasteiger partial charge in [0.15, 0.2) is 0 Å². The molecule has 0 unspecified atom stereocenters. The molecule has 1 N–H and O–H groups in total. The zero-order valence-corrected chi connectivity index (χ0v) is 16.4. The molecular formula is C20H16F3N5O4. The number of benzene rings is 2. The lowest BCUT2D eigenvalue weighted by atomic mass is 10.3. The topological polar surface area (TPSA) is 98.5 Å². The van der Waals surface area contributed by atoms with E-state index in [-0.39, 0.29) is 18.2 Å². The molecule has 1 aliphatic heterocycles. The Hall–Kier alpha value is -4.09. The highest BCUT2D eigenvalue weighted by molar-refractivity contribution is 5.90. The molecule has 0 fully saturated rings. The molecule has 0 saturated carbocycles. The molecule has 1 aromatic heterocycles. The van der Waals surface area contributed by atoms with Crippen molar-refractivity contribution >= 4 is 23.2 Å². The van der Waals surface area contributed by atoms with Gasteiger partial charge in [-0.05, 0) is 36.4 Å². The van der Waals surface area contributed by atoms with Gasteiger partial charge in [0.05, 0.1) is 0 Å². The van der Waals surface area contributed by atoms with E-state index in [1.54, 1.807) is 4.90 Å². The van der Waals surface area contributed by atoms with Crippen LogP contribution in [-0.2, 0) is 17.9 Å². The minimum atomic E-state index is -4.83. The van der Waals surface area contributed by atoms with Crippen molar-refractivity contribution in [3.63, 3.8) is 0 Å². The van der Waals surface area contributed by atoms with E-state index in [4.69, 9.17) is 0 Å². The zero-order valence-electron chi connectivity index (χ0n) is 16.4. The van der Waals surface area contributed by atoms with Crippen LogP contribution in [0, 0.1) is 0 Å². The molecule has 0 spiro atoms. The number of carbonyl (C=O) groups is 1. The van der Waals surface area contributed by atoms with Gasteiger partial charge >= 0.3 is 17.5 Å². The second kappa shape index (κ2) is 8.21. The normalized spacial score (nSPS) is 13.0. The van der Waals surface area contributed by atoms with Crippen molar-refractivity contribution < 1.29 is 22.7 Å². The number of halogens is 3. The van der Waals surface area contributed by atoms with Crippen molar-refractivity contribution in [3.05, 3.63) is 75.3 Å². The van der Waals surface area contributed by atoms with Crippen molar-refractivity contribution in [1.82, 2.24) is 14.3 Å². The van der Waals surface area contributed by atoms with Gasteiger partial charge < -0.3 is 15.0 Å². The molecule has 0 radical (unpaired) electrons.